The van der Waals surface area contributed by atoms with Crippen molar-refractivity contribution in [1.29, 1.82) is 0 Å². The maximum absolute atomic E-state index is 12.5. The Bertz CT molecular complexity index is 1240. The topological polar surface area (TPSA) is 127 Å². The molecule has 1 amide bonds. The molecule has 3 aromatic rings. The second kappa shape index (κ2) is 12.4. The molecule has 1 aromatic heterocycles. The van der Waals surface area contributed by atoms with Gasteiger partial charge in [0.2, 0.25) is 0 Å². The first-order valence-electron chi connectivity index (χ1n) is 10.9. The number of ether oxygens (including phenoxy) is 1. The molecule has 0 saturated carbocycles. The van der Waals surface area contributed by atoms with Crippen LogP contribution in [0.1, 0.15) is 35.9 Å². The molecule has 0 spiro atoms. The molecule has 0 unspecified atom stereocenters. The maximum atomic E-state index is 12.5. The zero-order chi connectivity index (χ0) is 25.3. The fraction of sp³-hybridized carbons (Fsp3) is 0.304. The summed E-state index contributed by atoms with van der Waals surface area (Å²) in [4.78, 5) is 18.4. The third-order valence-corrected chi connectivity index (χ3v) is 6.87. The molecule has 1 heterocycles. The number of amides is 1. The van der Waals surface area contributed by atoms with Gasteiger partial charge in [-0.3, -0.25) is 4.79 Å². The van der Waals surface area contributed by atoms with Gasteiger partial charge in [-0.05, 0) is 67.2 Å². The van der Waals surface area contributed by atoms with Gasteiger partial charge in [0, 0.05) is 11.6 Å². The predicted molar refractivity (Wildman–Crippen MR) is 131 cm³/mol. The summed E-state index contributed by atoms with van der Waals surface area (Å²) in [5.41, 5.74) is 3.01. The van der Waals surface area contributed by atoms with E-state index in [0.717, 1.165) is 30.9 Å². The quantitative estimate of drug-likeness (QED) is 0.285. The Kier molecular flexibility index (Phi) is 9.35. The molecule has 0 atom stereocenters. The molecule has 0 radical (unpaired) electrons. The van der Waals surface area contributed by atoms with Gasteiger partial charge in [0.25, 0.3) is 0 Å². The van der Waals surface area contributed by atoms with Gasteiger partial charge in [-0.25, -0.2) is 13.8 Å². The van der Waals surface area contributed by atoms with E-state index in [0.29, 0.717) is 11.6 Å². The first-order valence-corrected chi connectivity index (χ1v) is 12.9. The van der Waals surface area contributed by atoms with Crippen LogP contribution >= 0.6 is 11.6 Å². The van der Waals surface area contributed by atoms with Gasteiger partial charge < -0.3 is 14.2 Å². The summed E-state index contributed by atoms with van der Waals surface area (Å²) in [6.45, 7) is 7.64. The van der Waals surface area contributed by atoms with E-state index in [1.165, 1.54) is 30.5 Å². The van der Waals surface area contributed by atoms with Crippen molar-refractivity contribution in [2.75, 3.05) is 26.2 Å². The Balaban J connectivity index is 1.50. The number of aromatic nitrogens is 2. The number of hydrazone groups is 1. The molecule has 0 bridgehead atoms. The van der Waals surface area contributed by atoms with Crippen molar-refractivity contribution in [1.82, 2.24) is 20.5 Å². The fourth-order valence-corrected chi connectivity index (χ4v) is 4.30. The summed E-state index contributed by atoms with van der Waals surface area (Å²) < 4.78 is 35.5. The largest absolute Gasteiger partial charge is 0.492 e. The van der Waals surface area contributed by atoms with E-state index in [9.17, 15) is 13.2 Å². The summed E-state index contributed by atoms with van der Waals surface area (Å²) in [7, 11) is -3.73. The van der Waals surface area contributed by atoms with Crippen molar-refractivity contribution >= 4 is 33.6 Å². The minimum atomic E-state index is -3.73. The second-order valence-electron chi connectivity index (χ2n) is 7.37. The van der Waals surface area contributed by atoms with E-state index in [2.05, 4.69) is 39.4 Å². The summed E-state index contributed by atoms with van der Waals surface area (Å²) in [5, 5.41) is 7.85. The van der Waals surface area contributed by atoms with Gasteiger partial charge in [-0.15, -0.1) is 0 Å². The molecule has 0 aliphatic heterocycles. The number of likely N-dealkylation sites (N-methyl/N-ethyl adjacent to an activating group) is 1. The lowest BCUT2D eigenvalue weighted by Gasteiger charge is -2.17. The van der Waals surface area contributed by atoms with E-state index in [4.69, 9.17) is 20.9 Å². The zero-order valence-corrected chi connectivity index (χ0v) is 20.9. The molecule has 12 heteroatoms. The molecule has 35 heavy (non-hydrogen) atoms. The highest BCUT2D eigenvalue weighted by Gasteiger charge is 2.21. The Labute approximate surface area is 208 Å². The Hall–Kier alpha value is -3.28. The number of halogens is 1. The highest BCUT2D eigenvalue weighted by atomic mass is 35.5. The molecular formula is C23H26ClN5O5S. The van der Waals surface area contributed by atoms with Crippen LogP contribution < -0.4 is 10.2 Å². The van der Waals surface area contributed by atoms with Crippen LogP contribution in [0, 0.1) is 0 Å². The average molecular weight is 520 g/mol. The van der Waals surface area contributed by atoms with Gasteiger partial charge in [-0.2, -0.15) is 10.1 Å². The van der Waals surface area contributed by atoms with Crippen LogP contribution in [0.5, 0.6) is 5.75 Å². The van der Waals surface area contributed by atoms with Crippen molar-refractivity contribution in [3.63, 3.8) is 0 Å². The number of carbonyl (C=O) groups excluding carboxylic acids is 1. The summed E-state index contributed by atoms with van der Waals surface area (Å²) >= 11 is 5.79. The van der Waals surface area contributed by atoms with Crippen LogP contribution in [0.25, 0.3) is 0 Å². The van der Waals surface area contributed by atoms with Crippen LogP contribution in [0.4, 0.5) is 0 Å². The second-order valence-corrected chi connectivity index (χ2v) is 9.80. The third kappa shape index (κ3) is 7.88. The van der Waals surface area contributed by atoms with E-state index < -0.39 is 27.4 Å². The summed E-state index contributed by atoms with van der Waals surface area (Å²) in [6, 6.07) is 12.9. The van der Waals surface area contributed by atoms with Gasteiger partial charge >= 0.3 is 11.8 Å². The lowest BCUT2D eigenvalue weighted by Crippen LogP contribution is -2.27. The van der Waals surface area contributed by atoms with E-state index in [1.807, 2.05) is 12.1 Å². The minimum Gasteiger partial charge on any atom is -0.492 e. The molecule has 186 valence electrons. The van der Waals surface area contributed by atoms with E-state index in [-0.39, 0.29) is 10.7 Å². The minimum absolute atomic E-state index is 0.0580. The summed E-state index contributed by atoms with van der Waals surface area (Å²) in [6.07, 6.45) is 1.44. The average Bonchev–Trinajstić information content (AvgIpc) is 3.31. The maximum Gasteiger partial charge on any atom is 0.329 e. The smallest absolute Gasteiger partial charge is 0.329 e. The Morgan fingerprint density at radius 1 is 1.14 bits per heavy atom. The van der Waals surface area contributed by atoms with E-state index in [1.54, 1.807) is 12.1 Å². The number of carbonyl (C=O) groups is 1. The van der Waals surface area contributed by atoms with Crippen LogP contribution in [0.3, 0.4) is 0 Å². The molecule has 1 N–H and O–H groups in total. The number of hydrogen-bond acceptors (Lipinski definition) is 9. The normalized spacial score (nSPS) is 11.8. The molecular weight excluding hydrogens is 494 g/mol. The van der Waals surface area contributed by atoms with Gasteiger partial charge in [0.1, 0.15) is 18.1 Å². The molecule has 0 fully saturated rings. The van der Waals surface area contributed by atoms with Crippen molar-refractivity contribution in [2.45, 2.75) is 24.5 Å². The lowest BCUT2D eigenvalue weighted by molar-refractivity contribution is 0.0911. The third-order valence-electron chi connectivity index (χ3n) is 4.98. The number of sulfone groups is 1. The first kappa shape index (κ1) is 26.3. The van der Waals surface area contributed by atoms with Crippen LogP contribution in [0.2, 0.25) is 5.02 Å². The Morgan fingerprint density at radius 3 is 2.49 bits per heavy atom. The lowest BCUT2D eigenvalue weighted by atomic mass is 10.2. The van der Waals surface area contributed by atoms with Crippen LogP contribution in [-0.2, 0) is 15.6 Å². The van der Waals surface area contributed by atoms with Crippen molar-refractivity contribution in [3.05, 3.63) is 70.8 Å². The van der Waals surface area contributed by atoms with E-state index >= 15 is 0 Å². The van der Waals surface area contributed by atoms with Gasteiger partial charge in [-0.1, -0.05) is 30.6 Å². The molecule has 3 rings (SSSR count). The molecule has 10 nitrogen and oxygen atoms in total. The first-order chi connectivity index (χ1) is 16.8. The number of benzene rings is 2. The van der Waals surface area contributed by atoms with Crippen LogP contribution in [0.15, 0.2) is 63.1 Å². The van der Waals surface area contributed by atoms with Crippen LogP contribution in [-0.4, -0.2) is 61.8 Å². The number of nitrogens with one attached hydrogen (secondary N) is 1. The van der Waals surface area contributed by atoms with Crippen molar-refractivity contribution in [2.24, 2.45) is 5.10 Å². The number of rotatable bonds is 12. The predicted octanol–water partition coefficient (Wildman–Crippen LogP) is 3.18. The Morgan fingerprint density at radius 2 is 1.83 bits per heavy atom. The van der Waals surface area contributed by atoms with Gasteiger partial charge in [0.05, 0.1) is 11.1 Å². The number of hydrogen-bond donors (Lipinski definition) is 1. The molecule has 0 saturated heterocycles. The van der Waals surface area contributed by atoms with Crippen molar-refractivity contribution in [3.8, 4) is 5.75 Å². The monoisotopic (exact) mass is 519 g/mol. The van der Waals surface area contributed by atoms with Gasteiger partial charge in [0.15, 0.2) is 15.7 Å². The zero-order valence-electron chi connectivity index (χ0n) is 19.3. The number of nitrogens with zero attached hydrogens (tertiary/aromatic N) is 4. The summed E-state index contributed by atoms with van der Waals surface area (Å²) in [5.74, 6) is -1.10. The SMILES string of the molecule is CCN(CC)CCOc1ccc(/C=N\NC(=O)c2nc(CS(=O)(=O)c3ccc(Cl)cc3)no2)cc1. The highest BCUT2D eigenvalue weighted by Crippen LogP contribution is 2.18. The molecule has 2 aromatic carbocycles. The molecule has 0 aliphatic rings. The van der Waals surface area contributed by atoms with Crippen molar-refractivity contribution < 1.29 is 22.5 Å². The highest BCUT2D eigenvalue weighted by molar-refractivity contribution is 7.90. The fourth-order valence-electron chi connectivity index (χ4n) is 3.00. The standard InChI is InChI=1S/C23H26ClN5O5S/c1-3-29(4-2)13-14-33-19-9-5-17(6-10-19)15-25-27-22(30)23-26-21(28-34-23)16-35(31,32)20-11-7-18(24)8-12-20/h5-12,15H,3-4,13-14,16H2,1-2H3,(H,27,30)/b25-15-. The molecule has 0 aliphatic carbocycles.